The summed E-state index contributed by atoms with van der Waals surface area (Å²) in [6.07, 6.45) is 2.73. The molecule has 0 saturated heterocycles. The Morgan fingerprint density at radius 3 is 2.94 bits per heavy atom. The Labute approximate surface area is 96.4 Å². The highest BCUT2D eigenvalue weighted by Crippen LogP contribution is 2.02. The number of nitrogen functional groups attached to an aromatic ring is 1. The molecule has 5 nitrogen and oxygen atoms in total. The van der Waals surface area contributed by atoms with E-state index in [-0.39, 0.29) is 5.95 Å². The van der Waals surface area contributed by atoms with Crippen molar-refractivity contribution in [2.24, 2.45) is 5.92 Å². The van der Waals surface area contributed by atoms with Crippen molar-refractivity contribution in [2.45, 2.75) is 20.3 Å². The summed E-state index contributed by atoms with van der Waals surface area (Å²) in [6, 6.07) is 1.78. The number of rotatable bonds is 7. The predicted octanol–water partition coefficient (Wildman–Crippen LogP) is 1.53. The molecule has 0 unspecified atom stereocenters. The molecular formula is C11H20N4O. The second-order valence-electron chi connectivity index (χ2n) is 4.02. The van der Waals surface area contributed by atoms with Crippen LogP contribution < -0.4 is 11.1 Å². The quantitative estimate of drug-likeness (QED) is 0.687. The second kappa shape index (κ2) is 7.00. The van der Waals surface area contributed by atoms with Gasteiger partial charge in [0.05, 0.1) is 6.61 Å². The molecular weight excluding hydrogens is 204 g/mol. The van der Waals surface area contributed by atoms with E-state index in [9.17, 15) is 0 Å². The van der Waals surface area contributed by atoms with E-state index >= 15 is 0 Å². The van der Waals surface area contributed by atoms with E-state index in [0.717, 1.165) is 25.4 Å². The summed E-state index contributed by atoms with van der Waals surface area (Å²) in [4.78, 5) is 7.83. The first-order valence-corrected chi connectivity index (χ1v) is 5.58. The maximum Gasteiger partial charge on any atom is 0.221 e. The van der Waals surface area contributed by atoms with Crippen LogP contribution in [0.4, 0.5) is 11.8 Å². The lowest BCUT2D eigenvalue weighted by Crippen LogP contribution is -2.12. The minimum Gasteiger partial charge on any atom is -0.380 e. The van der Waals surface area contributed by atoms with Crippen LogP contribution in [0, 0.1) is 5.92 Å². The van der Waals surface area contributed by atoms with Crippen molar-refractivity contribution in [1.29, 1.82) is 0 Å². The maximum atomic E-state index is 5.46. The Balaban J connectivity index is 2.07. The Hall–Kier alpha value is -1.36. The van der Waals surface area contributed by atoms with Crippen LogP contribution >= 0.6 is 0 Å². The molecule has 0 aliphatic carbocycles. The molecule has 1 rings (SSSR count). The molecule has 0 aliphatic heterocycles. The highest BCUT2D eigenvalue weighted by atomic mass is 16.5. The van der Waals surface area contributed by atoms with Gasteiger partial charge >= 0.3 is 0 Å². The van der Waals surface area contributed by atoms with Crippen LogP contribution in [-0.2, 0) is 4.74 Å². The predicted molar refractivity (Wildman–Crippen MR) is 65.2 cm³/mol. The first-order valence-electron chi connectivity index (χ1n) is 5.58. The summed E-state index contributed by atoms with van der Waals surface area (Å²) in [5.41, 5.74) is 5.45. The summed E-state index contributed by atoms with van der Waals surface area (Å²) in [7, 11) is 0. The molecule has 0 fully saturated rings. The molecule has 90 valence electrons. The van der Waals surface area contributed by atoms with Crippen molar-refractivity contribution in [1.82, 2.24) is 9.97 Å². The summed E-state index contributed by atoms with van der Waals surface area (Å²) in [5.74, 6) is 1.71. The fraction of sp³-hybridized carbons (Fsp3) is 0.636. The van der Waals surface area contributed by atoms with Crippen LogP contribution in [0.3, 0.4) is 0 Å². The van der Waals surface area contributed by atoms with Gasteiger partial charge in [0.2, 0.25) is 5.95 Å². The van der Waals surface area contributed by atoms with E-state index in [1.807, 2.05) is 0 Å². The summed E-state index contributed by atoms with van der Waals surface area (Å²) < 4.78 is 5.46. The molecule has 0 saturated carbocycles. The summed E-state index contributed by atoms with van der Waals surface area (Å²) >= 11 is 0. The van der Waals surface area contributed by atoms with Crippen LogP contribution in [0.15, 0.2) is 12.3 Å². The van der Waals surface area contributed by atoms with Gasteiger partial charge in [-0.15, -0.1) is 0 Å². The first kappa shape index (κ1) is 12.7. The minimum atomic E-state index is 0.283. The average molecular weight is 224 g/mol. The Morgan fingerprint density at radius 2 is 2.25 bits per heavy atom. The average Bonchev–Trinajstić information content (AvgIpc) is 2.23. The normalized spacial score (nSPS) is 10.7. The SMILES string of the molecule is CC(C)CCOCCNc1ccnc(N)n1. The van der Waals surface area contributed by atoms with Crippen LogP contribution in [-0.4, -0.2) is 29.7 Å². The van der Waals surface area contributed by atoms with Crippen LogP contribution in [0.5, 0.6) is 0 Å². The zero-order valence-corrected chi connectivity index (χ0v) is 9.94. The summed E-state index contributed by atoms with van der Waals surface area (Å²) in [6.45, 7) is 6.59. The van der Waals surface area contributed by atoms with Crippen molar-refractivity contribution >= 4 is 11.8 Å². The monoisotopic (exact) mass is 224 g/mol. The number of hydrogen-bond acceptors (Lipinski definition) is 5. The number of anilines is 2. The van der Waals surface area contributed by atoms with Crippen molar-refractivity contribution in [3.63, 3.8) is 0 Å². The number of ether oxygens (including phenoxy) is 1. The lowest BCUT2D eigenvalue weighted by molar-refractivity contribution is 0.132. The van der Waals surface area contributed by atoms with Gasteiger partial charge in [-0.2, -0.15) is 4.98 Å². The van der Waals surface area contributed by atoms with Gasteiger partial charge in [0, 0.05) is 19.3 Å². The summed E-state index contributed by atoms with van der Waals surface area (Å²) in [5, 5.41) is 3.12. The number of nitrogens with one attached hydrogen (secondary N) is 1. The molecule has 16 heavy (non-hydrogen) atoms. The first-order chi connectivity index (χ1) is 7.68. The Morgan fingerprint density at radius 1 is 1.44 bits per heavy atom. The number of nitrogens with two attached hydrogens (primary N) is 1. The van der Waals surface area contributed by atoms with Gasteiger partial charge in [0.15, 0.2) is 0 Å². The van der Waals surface area contributed by atoms with E-state index in [1.54, 1.807) is 12.3 Å². The molecule has 5 heteroatoms. The third-order valence-corrected chi connectivity index (χ3v) is 2.07. The lowest BCUT2D eigenvalue weighted by Gasteiger charge is -2.08. The molecule has 0 radical (unpaired) electrons. The number of nitrogens with zero attached hydrogens (tertiary/aromatic N) is 2. The molecule has 0 atom stereocenters. The number of aromatic nitrogens is 2. The smallest absolute Gasteiger partial charge is 0.221 e. The molecule has 3 N–H and O–H groups in total. The van der Waals surface area contributed by atoms with E-state index in [2.05, 4.69) is 29.1 Å². The van der Waals surface area contributed by atoms with Gasteiger partial charge in [-0.1, -0.05) is 13.8 Å². The van der Waals surface area contributed by atoms with Gasteiger partial charge in [-0.25, -0.2) is 4.98 Å². The zero-order valence-electron chi connectivity index (χ0n) is 9.94. The maximum absolute atomic E-state index is 5.46. The molecule has 0 aliphatic rings. The van der Waals surface area contributed by atoms with E-state index in [1.165, 1.54) is 0 Å². The van der Waals surface area contributed by atoms with Gasteiger partial charge in [-0.05, 0) is 18.4 Å². The largest absolute Gasteiger partial charge is 0.380 e. The van der Waals surface area contributed by atoms with Crippen molar-refractivity contribution in [3.8, 4) is 0 Å². The van der Waals surface area contributed by atoms with Crippen LogP contribution in [0.2, 0.25) is 0 Å². The standard InChI is InChI=1S/C11H20N4O/c1-9(2)4-7-16-8-6-13-10-3-5-14-11(12)15-10/h3,5,9H,4,6-8H2,1-2H3,(H3,12,13,14,15). The van der Waals surface area contributed by atoms with Gasteiger partial charge < -0.3 is 15.8 Å². The topological polar surface area (TPSA) is 73.1 Å². The van der Waals surface area contributed by atoms with Gasteiger partial charge in [0.1, 0.15) is 5.82 Å². The van der Waals surface area contributed by atoms with E-state index < -0.39 is 0 Å². The lowest BCUT2D eigenvalue weighted by atomic mass is 10.1. The molecule has 0 aromatic carbocycles. The molecule has 0 spiro atoms. The Kier molecular flexibility index (Phi) is 5.56. The van der Waals surface area contributed by atoms with Crippen molar-refractivity contribution < 1.29 is 4.74 Å². The molecule has 1 aromatic heterocycles. The highest BCUT2D eigenvalue weighted by Gasteiger charge is 1.96. The van der Waals surface area contributed by atoms with E-state index in [4.69, 9.17) is 10.5 Å². The zero-order chi connectivity index (χ0) is 11.8. The van der Waals surface area contributed by atoms with Crippen LogP contribution in [0.1, 0.15) is 20.3 Å². The van der Waals surface area contributed by atoms with Crippen LogP contribution in [0.25, 0.3) is 0 Å². The fourth-order valence-corrected chi connectivity index (χ4v) is 1.14. The molecule has 0 amide bonds. The molecule has 1 aromatic rings. The molecule has 0 bridgehead atoms. The van der Waals surface area contributed by atoms with Gasteiger partial charge in [0.25, 0.3) is 0 Å². The highest BCUT2D eigenvalue weighted by molar-refractivity contribution is 5.37. The molecule has 1 heterocycles. The third-order valence-electron chi connectivity index (χ3n) is 2.07. The van der Waals surface area contributed by atoms with Crippen molar-refractivity contribution in [3.05, 3.63) is 12.3 Å². The minimum absolute atomic E-state index is 0.283. The van der Waals surface area contributed by atoms with Gasteiger partial charge in [-0.3, -0.25) is 0 Å². The number of hydrogen-bond donors (Lipinski definition) is 2. The fourth-order valence-electron chi connectivity index (χ4n) is 1.14. The van der Waals surface area contributed by atoms with E-state index in [0.29, 0.717) is 12.5 Å². The second-order valence-corrected chi connectivity index (χ2v) is 4.02. The van der Waals surface area contributed by atoms with Crippen molar-refractivity contribution in [2.75, 3.05) is 30.8 Å². The Bertz CT molecular complexity index is 304. The third kappa shape index (κ3) is 5.50.